The highest BCUT2D eigenvalue weighted by Crippen LogP contribution is 2.22. The lowest BCUT2D eigenvalue weighted by atomic mass is 10.1. The maximum atomic E-state index is 13.3. The van der Waals surface area contributed by atoms with Gasteiger partial charge in [0.2, 0.25) is 5.82 Å². The summed E-state index contributed by atoms with van der Waals surface area (Å²) in [6.07, 6.45) is 0. The summed E-state index contributed by atoms with van der Waals surface area (Å²) in [7, 11) is 0. The number of halogens is 1. The number of nitro groups is 1. The Morgan fingerprint density at radius 2 is 2.19 bits per heavy atom. The van der Waals surface area contributed by atoms with Gasteiger partial charge in [-0.1, -0.05) is 0 Å². The van der Waals surface area contributed by atoms with Crippen molar-refractivity contribution in [2.45, 2.75) is 13.8 Å². The zero-order valence-corrected chi connectivity index (χ0v) is 8.82. The number of carbonyl (C=O) groups is 1. The van der Waals surface area contributed by atoms with E-state index in [0.717, 1.165) is 6.07 Å². The van der Waals surface area contributed by atoms with Crippen molar-refractivity contribution in [3.8, 4) is 0 Å². The normalized spacial score (nSPS) is 9.94. The average molecular weight is 227 g/mol. The molecular formula is C10H10FNO4. The number of hydrogen-bond acceptors (Lipinski definition) is 4. The zero-order chi connectivity index (χ0) is 12.3. The maximum Gasteiger partial charge on any atom is 0.338 e. The number of carbonyl (C=O) groups excluding carboxylic acids is 1. The second kappa shape index (κ2) is 4.69. The van der Waals surface area contributed by atoms with E-state index in [2.05, 4.69) is 4.74 Å². The topological polar surface area (TPSA) is 69.4 Å². The van der Waals surface area contributed by atoms with Crippen LogP contribution in [0.1, 0.15) is 22.8 Å². The number of ether oxygens (including phenoxy) is 1. The van der Waals surface area contributed by atoms with Crippen LogP contribution in [-0.4, -0.2) is 17.5 Å². The van der Waals surface area contributed by atoms with Gasteiger partial charge in [-0.2, -0.15) is 4.39 Å². The second-order valence-electron chi connectivity index (χ2n) is 3.10. The van der Waals surface area contributed by atoms with Crippen LogP contribution in [0.25, 0.3) is 0 Å². The minimum absolute atomic E-state index is 0.0209. The highest BCUT2D eigenvalue weighted by atomic mass is 19.1. The number of benzene rings is 1. The lowest BCUT2D eigenvalue weighted by Crippen LogP contribution is -2.07. The van der Waals surface area contributed by atoms with Crippen LogP contribution in [0, 0.1) is 22.9 Å². The summed E-state index contributed by atoms with van der Waals surface area (Å²) in [5, 5.41) is 10.5. The second-order valence-corrected chi connectivity index (χ2v) is 3.10. The summed E-state index contributed by atoms with van der Waals surface area (Å²) in [4.78, 5) is 21.0. The van der Waals surface area contributed by atoms with Crippen molar-refractivity contribution in [3.05, 3.63) is 39.2 Å². The zero-order valence-electron chi connectivity index (χ0n) is 8.82. The van der Waals surface area contributed by atoms with E-state index in [1.165, 1.54) is 13.0 Å². The number of rotatable bonds is 3. The first kappa shape index (κ1) is 12.1. The van der Waals surface area contributed by atoms with Crippen molar-refractivity contribution in [3.63, 3.8) is 0 Å². The van der Waals surface area contributed by atoms with E-state index in [0.29, 0.717) is 0 Å². The van der Waals surface area contributed by atoms with Gasteiger partial charge in [0.1, 0.15) is 0 Å². The fourth-order valence-corrected chi connectivity index (χ4v) is 1.22. The highest BCUT2D eigenvalue weighted by molar-refractivity contribution is 5.90. The third-order valence-electron chi connectivity index (χ3n) is 1.94. The van der Waals surface area contributed by atoms with Gasteiger partial charge < -0.3 is 4.74 Å². The van der Waals surface area contributed by atoms with Gasteiger partial charge in [-0.3, -0.25) is 10.1 Å². The molecule has 86 valence electrons. The summed E-state index contributed by atoms with van der Waals surface area (Å²) in [5.74, 6) is -1.63. The third-order valence-corrected chi connectivity index (χ3v) is 1.94. The van der Waals surface area contributed by atoms with Gasteiger partial charge in [-0.05, 0) is 25.5 Å². The minimum atomic E-state index is -0.932. The number of esters is 1. The van der Waals surface area contributed by atoms with Crippen LogP contribution in [0.15, 0.2) is 12.1 Å². The molecule has 0 fully saturated rings. The average Bonchev–Trinajstić information content (AvgIpc) is 2.21. The quantitative estimate of drug-likeness (QED) is 0.451. The molecule has 0 atom stereocenters. The van der Waals surface area contributed by atoms with E-state index >= 15 is 0 Å². The van der Waals surface area contributed by atoms with Crippen molar-refractivity contribution >= 4 is 11.7 Å². The Labute approximate surface area is 91.0 Å². The van der Waals surface area contributed by atoms with Crippen molar-refractivity contribution in [2.75, 3.05) is 6.61 Å². The summed E-state index contributed by atoms with van der Waals surface area (Å²) in [6.45, 7) is 3.12. The molecule has 5 nitrogen and oxygen atoms in total. The minimum Gasteiger partial charge on any atom is -0.462 e. The first-order valence-electron chi connectivity index (χ1n) is 4.59. The van der Waals surface area contributed by atoms with Crippen LogP contribution in [0.3, 0.4) is 0 Å². The molecule has 0 aliphatic carbocycles. The van der Waals surface area contributed by atoms with E-state index in [9.17, 15) is 19.3 Å². The SMILES string of the molecule is CCOC(=O)c1cc(C)c(F)c([N+](=O)[O-])c1. The third kappa shape index (κ3) is 2.33. The molecule has 1 rings (SSSR count). The van der Waals surface area contributed by atoms with Crippen LogP contribution in [0.2, 0.25) is 0 Å². The Morgan fingerprint density at radius 1 is 1.56 bits per heavy atom. The summed E-state index contributed by atoms with van der Waals surface area (Å²) < 4.78 is 18.0. The number of aryl methyl sites for hydroxylation is 1. The van der Waals surface area contributed by atoms with Crippen molar-refractivity contribution in [2.24, 2.45) is 0 Å². The highest BCUT2D eigenvalue weighted by Gasteiger charge is 2.20. The molecule has 1 aromatic carbocycles. The van der Waals surface area contributed by atoms with Gasteiger partial charge in [0.05, 0.1) is 17.1 Å². The molecule has 16 heavy (non-hydrogen) atoms. The smallest absolute Gasteiger partial charge is 0.338 e. The van der Waals surface area contributed by atoms with Crippen LogP contribution in [0.4, 0.5) is 10.1 Å². The molecule has 0 amide bonds. The molecule has 0 saturated heterocycles. The maximum absolute atomic E-state index is 13.3. The van der Waals surface area contributed by atoms with Gasteiger partial charge in [0, 0.05) is 6.07 Å². The van der Waals surface area contributed by atoms with E-state index < -0.39 is 22.4 Å². The molecule has 0 unspecified atom stereocenters. The Kier molecular flexibility index (Phi) is 3.55. The molecule has 1 aromatic rings. The van der Waals surface area contributed by atoms with Crippen molar-refractivity contribution < 1.29 is 18.8 Å². The monoisotopic (exact) mass is 227 g/mol. The Morgan fingerprint density at radius 3 is 2.69 bits per heavy atom. The summed E-state index contributed by atoms with van der Waals surface area (Å²) in [6, 6.07) is 2.10. The van der Waals surface area contributed by atoms with Gasteiger partial charge in [-0.15, -0.1) is 0 Å². The Hall–Kier alpha value is -1.98. The first-order valence-corrected chi connectivity index (χ1v) is 4.59. The van der Waals surface area contributed by atoms with Gasteiger partial charge in [-0.25, -0.2) is 4.79 Å². The van der Waals surface area contributed by atoms with Gasteiger partial charge >= 0.3 is 11.7 Å². The molecule has 0 N–H and O–H groups in total. The van der Waals surface area contributed by atoms with Crippen LogP contribution >= 0.6 is 0 Å². The number of hydrogen-bond donors (Lipinski definition) is 0. The molecule has 0 spiro atoms. The summed E-state index contributed by atoms with van der Waals surface area (Å²) in [5.41, 5.74) is -0.701. The van der Waals surface area contributed by atoms with Crippen LogP contribution in [-0.2, 0) is 4.74 Å². The largest absolute Gasteiger partial charge is 0.462 e. The molecule has 0 aromatic heterocycles. The summed E-state index contributed by atoms with van der Waals surface area (Å²) >= 11 is 0. The Balaban J connectivity index is 3.24. The number of nitrogens with zero attached hydrogens (tertiary/aromatic N) is 1. The van der Waals surface area contributed by atoms with Gasteiger partial charge in [0.15, 0.2) is 0 Å². The number of nitro benzene ring substituents is 1. The molecule has 0 saturated carbocycles. The standard InChI is InChI=1S/C10H10FNO4/c1-3-16-10(13)7-4-6(2)9(11)8(5-7)12(14)15/h4-5H,3H2,1-2H3. The molecule has 0 aliphatic rings. The molecule has 0 bridgehead atoms. The first-order chi connectivity index (χ1) is 7.47. The van der Waals surface area contributed by atoms with E-state index in [1.54, 1.807) is 6.92 Å². The molecule has 0 heterocycles. The Bertz CT molecular complexity index is 445. The molecular weight excluding hydrogens is 217 g/mol. The van der Waals surface area contributed by atoms with E-state index in [-0.39, 0.29) is 17.7 Å². The van der Waals surface area contributed by atoms with E-state index in [1.807, 2.05) is 0 Å². The lowest BCUT2D eigenvalue weighted by Gasteiger charge is -2.04. The van der Waals surface area contributed by atoms with Crippen LogP contribution < -0.4 is 0 Å². The molecule has 0 radical (unpaired) electrons. The van der Waals surface area contributed by atoms with Crippen molar-refractivity contribution in [1.82, 2.24) is 0 Å². The predicted molar refractivity (Wildman–Crippen MR) is 53.7 cm³/mol. The molecule has 6 heteroatoms. The predicted octanol–water partition coefficient (Wildman–Crippen LogP) is 2.22. The van der Waals surface area contributed by atoms with E-state index in [4.69, 9.17) is 0 Å². The molecule has 0 aliphatic heterocycles. The van der Waals surface area contributed by atoms with Crippen molar-refractivity contribution in [1.29, 1.82) is 0 Å². The fourth-order valence-electron chi connectivity index (χ4n) is 1.22. The lowest BCUT2D eigenvalue weighted by molar-refractivity contribution is -0.387. The fraction of sp³-hybridized carbons (Fsp3) is 0.300. The van der Waals surface area contributed by atoms with Gasteiger partial charge in [0.25, 0.3) is 0 Å². The van der Waals surface area contributed by atoms with Crippen LogP contribution in [0.5, 0.6) is 0 Å².